The Morgan fingerprint density at radius 1 is 0.933 bits per heavy atom. The molecule has 6 atom stereocenters. The second-order valence-electron chi connectivity index (χ2n) is 17.2. The van der Waals surface area contributed by atoms with Gasteiger partial charge in [-0.1, -0.05) is 105 Å². The van der Waals surface area contributed by atoms with Crippen molar-refractivity contribution in [3.05, 3.63) is 103 Å². The Hall–Kier alpha value is -4.44. The van der Waals surface area contributed by atoms with Crippen LogP contribution < -0.4 is 9.47 Å². The topological polar surface area (TPSA) is 110 Å². The molecule has 1 amide bonds. The lowest BCUT2D eigenvalue weighted by Crippen LogP contribution is -2.70. The molecule has 3 aromatic carbocycles. The van der Waals surface area contributed by atoms with E-state index in [4.69, 9.17) is 24.2 Å². The molecular formula is C51H66N2O7. The summed E-state index contributed by atoms with van der Waals surface area (Å²) in [5, 5.41) is 24.6. The van der Waals surface area contributed by atoms with Gasteiger partial charge in [0.2, 0.25) is 11.7 Å². The van der Waals surface area contributed by atoms with E-state index in [-0.39, 0.29) is 49.4 Å². The number of ether oxygens (including phenoxy) is 3. The number of hydrogen-bond acceptors (Lipinski definition) is 8. The second kappa shape index (κ2) is 20.9. The highest BCUT2D eigenvalue weighted by atomic mass is 16.7. The van der Waals surface area contributed by atoms with Crippen molar-refractivity contribution >= 4 is 11.6 Å². The molecule has 2 N–H and O–H groups in total. The van der Waals surface area contributed by atoms with Crippen LogP contribution in [0.15, 0.2) is 102 Å². The monoisotopic (exact) mass is 818 g/mol. The zero-order chi connectivity index (χ0) is 41.9. The fourth-order valence-electron chi connectivity index (χ4n) is 10.8. The van der Waals surface area contributed by atoms with Crippen LogP contribution in [0.2, 0.25) is 0 Å². The van der Waals surface area contributed by atoms with Gasteiger partial charge in [-0.15, -0.1) is 6.58 Å². The first-order chi connectivity index (χ1) is 29.4. The van der Waals surface area contributed by atoms with E-state index in [0.29, 0.717) is 37.5 Å². The zero-order valence-electron chi connectivity index (χ0n) is 35.8. The van der Waals surface area contributed by atoms with Gasteiger partial charge < -0.3 is 34.2 Å². The summed E-state index contributed by atoms with van der Waals surface area (Å²) < 4.78 is 21.1. The van der Waals surface area contributed by atoms with Crippen LogP contribution in [0, 0.1) is 23.7 Å². The molecule has 0 saturated heterocycles. The van der Waals surface area contributed by atoms with Gasteiger partial charge in [-0.25, -0.2) is 0 Å². The smallest absolute Gasteiger partial charge is 0.239 e. The van der Waals surface area contributed by atoms with Gasteiger partial charge >= 0.3 is 0 Å². The number of hydrogen-bond donors (Lipinski definition) is 2. The normalized spacial score (nSPS) is 25.2. The van der Waals surface area contributed by atoms with Crippen molar-refractivity contribution in [2.75, 3.05) is 33.5 Å². The molecule has 9 nitrogen and oxygen atoms in total. The molecular weight excluding hydrogens is 753 g/mol. The predicted octanol–water partition coefficient (Wildman–Crippen LogP) is 10.6. The molecule has 4 aliphatic rings. The maximum absolute atomic E-state index is 14.6. The number of carbonyl (C=O) groups excluding carboxylic acids is 1. The summed E-state index contributed by atoms with van der Waals surface area (Å²) in [7, 11) is 1.59. The number of carbonyl (C=O) groups is 1. The van der Waals surface area contributed by atoms with Crippen molar-refractivity contribution in [2.24, 2.45) is 28.8 Å². The minimum absolute atomic E-state index is 0.109. The largest absolute Gasteiger partial charge is 0.459 e. The maximum Gasteiger partial charge on any atom is 0.239 e. The zero-order valence-corrected chi connectivity index (χ0v) is 35.8. The maximum atomic E-state index is 14.6. The fourth-order valence-corrected chi connectivity index (χ4v) is 10.8. The minimum Gasteiger partial charge on any atom is -0.459 e. The third-order valence-electron chi connectivity index (χ3n) is 13.4. The molecule has 2 saturated carbocycles. The Bertz CT molecular complexity index is 1920. The minimum atomic E-state index is -1.25. The van der Waals surface area contributed by atoms with E-state index in [1.165, 1.54) is 25.7 Å². The molecule has 9 heteroatoms. The first kappa shape index (κ1) is 43.6. The molecule has 60 heavy (non-hydrogen) atoms. The summed E-state index contributed by atoms with van der Waals surface area (Å²) in [5.41, 5.74) is 5.16. The van der Waals surface area contributed by atoms with E-state index in [1.54, 1.807) is 13.2 Å². The highest BCUT2D eigenvalue weighted by molar-refractivity contribution is 6.03. The Labute approximate surface area is 357 Å². The van der Waals surface area contributed by atoms with Crippen LogP contribution in [0.1, 0.15) is 108 Å². The van der Waals surface area contributed by atoms with Crippen molar-refractivity contribution in [1.82, 2.24) is 4.90 Å². The summed E-state index contributed by atoms with van der Waals surface area (Å²) in [4.78, 5) is 22.3. The summed E-state index contributed by atoms with van der Waals surface area (Å²) in [6.07, 6.45) is 16.6. The molecule has 0 spiro atoms. The number of nitrogens with zero attached hydrogens (tertiary/aromatic N) is 2. The molecule has 0 radical (unpaired) electrons. The van der Waals surface area contributed by atoms with E-state index in [9.17, 15) is 15.0 Å². The first-order valence-electron chi connectivity index (χ1n) is 22.7. The Morgan fingerprint density at radius 3 is 2.35 bits per heavy atom. The average Bonchev–Trinajstić information content (AvgIpc) is 3.80. The third-order valence-corrected chi connectivity index (χ3v) is 13.4. The predicted molar refractivity (Wildman–Crippen MR) is 237 cm³/mol. The number of benzene rings is 3. The second-order valence-corrected chi connectivity index (χ2v) is 17.2. The summed E-state index contributed by atoms with van der Waals surface area (Å²) >= 11 is 0. The number of aliphatic hydroxyl groups excluding tert-OH is 2. The van der Waals surface area contributed by atoms with Crippen molar-refractivity contribution in [3.8, 4) is 28.4 Å². The molecule has 1 heterocycles. The molecule has 0 bridgehead atoms. The van der Waals surface area contributed by atoms with Gasteiger partial charge in [0, 0.05) is 44.1 Å². The molecule has 3 aliphatic carbocycles. The Balaban J connectivity index is 1.35. The van der Waals surface area contributed by atoms with Crippen LogP contribution in [-0.2, 0) is 14.4 Å². The average molecular weight is 819 g/mol. The van der Waals surface area contributed by atoms with Crippen LogP contribution in [0.3, 0.4) is 0 Å². The van der Waals surface area contributed by atoms with Gasteiger partial charge in [-0.3, -0.25) is 4.79 Å². The number of rotatable bonds is 21. The summed E-state index contributed by atoms with van der Waals surface area (Å²) in [6.45, 7) is 7.28. The van der Waals surface area contributed by atoms with Crippen LogP contribution in [0.25, 0.3) is 11.1 Å². The van der Waals surface area contributed by atoms with Gasteiger partial charge in [-0.05, 0) is 103 Å². The fraction of sp³-hybridized carbons (Fsp3) is 0.529. The lowest BCUT2D eigenvalue weighted by molar-refractivity contribution is -0.257. The van der Waals surface area contributed by atoms with E-state index in [0.717, 1.165) is 84.4 Å². The molecule has 0 aromatic heterocycles. The van der Waals surface area contributed by atoms with Crippen LogP contribution in [0.4, 0.5) is 0 Å². The van der Waals surface area contributed by atoms with E-state index in [2.05, 4.69) is 49.9 Å². The lowest BCUT2D eigenvalue weighted by atomic mass is 9.55. The van der Waals surface area contributed by atoms with Gasteiger partial charge in [0.1, 0.15) is 30.4 Å². The van der Waals surface area contributed by atoms with Crippen LogP contribution in [-0.4, -0.2) is 72.0 Å². The number of aliphatic hydroxyl groups is 2. The number of amides is 1. The van der Waals surface area contributed by atoms with E-state index in [1.807, 2.05) is 47.4 Å². The van der Waals surface area contributed by atoms with Crippen molar-refractivity contribution in [1.29, 1.82) is 0 Å². The molecule has 1 aliphatic heterocycles. The summed E-state index contributed by atoms with van der Waals surface area (Å²) in [5.74, 6) is 1.49. The number of allylic oxidation sites excluding steroid dienone is 1. The molecule has 6 unspecified atom stereocenters. The molecule has 7 rings (SSSR count). The van der Waals surface area contributed by atoms with Crippen LogP contribution in [0.5, 0.6) is 17.2 Å². The van der Waals surface area contributed by atoms with Gasteiger partial charge in [0.15, 0.2) is 0 Å². The summed E-state index contributed by atoms with van der Waals surface area (Å²) in [6, 6.07) is 24.1. The van der Waals surface area contributed by atoms with Gasteiger partial charge in [-0.2, -0.15) is 0 Å². The van der Waals surface area contributed by atoms with Crippen molar-refractivity contribution in [3.63, 3.8) is 0 Å². The van der Waals surface area contributed by atoms with Crippen molar-refractivity contribution in [2.45, 2.75) is 115 Å². The quantitative estimate of drug-likeness (QED) is 0.0626. The Kier molecular flexibility index (Phi) is 15.2. The lowest BCUT2D eigenvalue weighted by Gasteiger charge is -2.60. The molecule has 3 aromatic rings. The SMILES string of the molecule is C=CCOC12Oc3ccc(Oc4ccc(-c5ccccc5)cc4)cc3C3C(CCCCO)C(CCCCO)C=C(C(=NOC)CC1N(CCC)C(=O)CCC1CCCC1)C32. The van der Waals surface area contributed by atoms with Gasteiger partial charge in [0.05, 0.1) is 18.2 Å². The first-order valence-corrected chi connectivity index (χ1v) is 22.7. The highest BCUT2D eigenvalue weighted by Gasteiger charge is 2.65. The molecule has 2 fully saturated rings. The number of unbranched alkanes of at least 4 members (excludes halogenated alkanes) is 2. The Morgan fingerprint density at radius 2 is 1.65 bits per heavy atom. The van der Waals surface area contributed by atoms with Crippen LogP contribution >= 0.6 is 0 Å². The number of fused-ring (bicyclic) bond motifs is 2. The standard InChI is InChI=1S/C51H66N2O7/c1-4-29-53(48(56)28-21-36-15-9-10-16-36)47-35-45(52-57-3)43-33-39(19-11-13-30-54)42(20-12-14-31-55)49-44-34-41(26-27-46(44)60-51(47,50(43)49)58-32-5-2)59-40-24-22-38(23-25-40)37-17-7-6-8-18-37/h5-8,17-18,22-27,33-34,36,39,42,47,49-50,54-55H,2,4,9-16,19-21,28-32,35H2,1,3H3. The molecule has 322 valence electrons. The number of oxime groups is 1. The van der Waals surface area contributed by atoms with E-state index >= 15 is 0 Å². The third kappa shape index (κ3) is 9.54. The van der Waals surface area contributed by atoms with E-state index < -0.39 is 11.8 Å². The van der Waals surface area contributed by atoms with Gasteiger partial charge in [0.25, 0.3) is 0 Å². The van der Waals surface area contributed by atoms with Crippen molar-refractivity contribution < 1.29 is 34.1 Å². The highest BCUT2D eigenvalue weighted by Crippen LogP contribution is 2.62.